The number of Topliss-reactive ketones (excluding diaryl/α,β-unsaturated/α-hetero) is 1. The van der Waals surface area contributed by atoms with Crippen LogP contribution < -0.4 is 11.2 Å². The Balaban J connectivity index is 1.85. The Morgan fingerprint density at radius 3 is 2.48 bits per heavy atom. The minimum absolute atomic E-state index is 0.0412. The number of carbonyl (C=O) groups is 1. The molecule has 0 bridgehead atoms. The van der Waals surface area contributed by atoms with Crippen molar-refractivity contribution in [1.82, 2.24) is 0 Å². The number of carbonyl (C=O) groups excluding carboxylic acids is 1. The summed E-state index contributed by atoms with van der Waals surface area (Å²) in [5.41, 5.74) is 6.10. The number of benzene rings is 2. The molecule has 2 heterocycles. The van der Waals surface area contributed by atoms with Gasteiger partial charge >= 0.3 is 0 Å². The lowest BCUT2D eigenvalue weighted by atomic mass is 9.85. The zero-order valence-corrected chi connectivity index (χ0v) is 16.2. The average molecular weight is 427 g/mol. The summed E-state index contributed by atoms with van der Waals surface area (Å²) in [6, 6.07) is 12.8. The highest BCUT2D eigenvalue weighted by Crippen LogP contribution is 2.41. The molecule has 2 aromatic carbocycles. The second-order valence-corrected chi connectivity index (χ2v) is 7.31. The molecule has 8 heteroatoms. The molecular formula is C21H12Cl2N2O4. The molecule has 6 nitrogen and oxygen atoms in total. The van der Waals surface area contributed by atoms with Gasteiger partial charge in [0, 0.05) is 15.6 Å². The van der Waals surface area contributed by atoms with Gasteiger partial charge < -0.3 is 14.9 Å². The number of nitrogens with two attached hydrogens (primary N) is 1. The van der Waals surface area contributed by atoms with Crippen molar-refractivity contribution in [3.8, 4) is 6.07 Å². The van der Waals surface area contributed by atoms with Gasteiger partial charge in [0.2, 0.25) is 0 Å². The predicted octanol–water partition coefficient (Wildman–Crippen LogP) is 4.36. The molecule has 0 saturated carbocycles. The van der Waals surface area contributed by atoms with Crippen molar-refractivity contribution in [3.05, 3.63) is 91.6 Å². The van der Waals surface area contributed by atoms with Gasteiger partial charge in [0.15, 0.2) is 17.1 Å². The molecule has 0 radical (unpaired) electrons. The Labute approximate surface area is 174 Å². The van der Waals surface area contributed by atoms with Crippen LogP contribution in [0.4, 0.5) is 0 Å². The molecule has 1 aromatic heterocycles. The zero-order valence-electron chi connectivity index (χ0n) is 14.7. The highest BCUT2D eigenvalue weighted by atomic mass is 35.5. The molecular weight excluding hydrogens is 415 g/mol. The van der Waals surface area contributed by atoms with Crippen LogP contribution in [0.25, 0.3) is 11.0 Å². The van der Waals surface area contributed by atoms with Gasteiger partial charge in [0.05, 0.1) is 10.9 Å². The van der Waals surface area contributed by atoms with Crippen molar-refractivity contribution in [2.24, 2.45) is 11.7 Å². The molecule has 144 valence electrons. The summed E-state index contributed by atoms with van der Waals surface area (Å²) in [7, 11) is 0. The molecule has 2 N–H and O–H groups in total. The van der Waals surface area contributed by atoms with Gasteiger partial charge in [0.25, 0.3) is 0 Å². The van der Waals surface area contributed by atoms with E-state index >= 15 is 0 Å². The Hall–Kier alpha value is -3.27. The van der Waals surface area contributed by atoms with Crippen molar-refractivity contribution in [2.45, 2.75) is 6.10 Å². The minimum atomic E-state index is -1.10. The smallest absolute Gasteiger partial charge is 0.199 e. The first-order valence-electron chi connectivity index (χ1n) is 8.48. The number of hydrogen-bond donors (Lipinski definition) is 1. The molecule has 0 unspecified atom stereocenters. The van der Waals surface area contributed by atoms with E-state index in [0.717, 1.165) is 0 Å². The Kier molecular flexibility index (Phi) is 4.79. The normalized spacial score (nSPS) is 18.5. The van der Waals surface area contributed by atoms with Crippen LogP contribution in [0.3, 0.4) is 0 Å². The standard InChI is InChI=1S/C21H12Cl2N2O4/c22-11-3-1-10(2-4-11)18(26)17-14(8-24)21(25)29-20(17)15-9-28-16-6-5-12(23)7-13(16)19(15)27/h1-7,9,17,20H,25H2/t17-,20+/m0/s1. The number of nitriles is 1. The summed E-state index contributed by atoms with van der Waals surface area (Å²) < 4.78 is 11.1. The molecule has 0 amide bonds. The maximum atomic E-state index is 13.2. The van der Waals surface area contributed by atoms with E-state index in [-0.39, 0.29) is 22.4 Å². The summed E-state index contributed by atoms with van der Waals surface area (Å²) in [6.45, 7) is 0. The predicted molar refractivity (Wildman–Crippen MR) is 107 cm³/mol. The third kappa shape index (κ3) is 3.25. The zero-order chi connectivity index (χ0) is 20.7. The molecule has 3 aromatic rings. The molecule has 4 rings (SSSR count). The van der Waals surface area contributed by atoms with E-state index in [1.165, 1.54) is 24.5 Å². The molecule has 0 spiro atoms. The number of nitrogens with zero attached hydrogens (tertiary/aromatic N) is 1. The summed E-state index contributed by atoms with van der Waals surface area (Å²) in [4.78, 5) is 26.2. The van der Waals surface area contributed by atoms with Crippen LogP contribution in [-0.4, -0.2) is 5.78 Å². The van der Waals surface area contributed by atoms with Gasteiger partial charge in [-0.15, -0.1) is 0 Å². The lowest BCUT2D eigenvalue weighted by Crippen LogP contribution is -2.25. The van der Waals surface area contributed by atoms with E-state index in [2.05, 4.69) is 0 Å². The van der Waals surface area contributed by atoms with Gasteiger partial charge in [-0.2, -0.15) is 5.26 Å². The topological polar surface area (TPSA) is 106 Å². The molecule has 0 aliphatic carbocycles. The molecule has 1 aliphatic heterocycles. The highest BCUT2D eigenvalue weighted by molar-refractivity contribution is 6.31. The number of rotatable bonds is 3. The number of fused-ring (bicyclic) bond motifs is 1. The van der Waals surface area contributed by atoms with E-state index in [4.69, 9.17) is 38.1 Å². The van der Waals surface area contributed by atoms with E-state index in [9.17, 15) is 14.9 Å². The van der Waals surface area contributed by atoms with Crippen LogP contribution in [0.1, 0.15) is 22.0 Å². The van der Waals surface area contributed by atoms with Crippen molar-refractivity contribution in [3.63, 3.8) is 0 Å². The van der Waals surface area contributed by atoms with Gasteiger partial charge in [-0.3, -0.25) is 9.59 Å². The fourth-order valence-electron chi connectivity index (χ4n) is 3.32. The van der Waals surface area contributed by atoms with E-state index < -0.39 is 23.2 Å². The van der Waals surface area contributed by atoms with Gasteiger partial charge in [-0.25, -0.2) is 0 Å². The first-order valence-corrected chi connectivity index (χ1v) is 9.23. The summed E-state index contributed by atoms with van der Waals surface area (Å²) in [5, 5.41) is 10.6. The molecule has 0 saturated heterocycles. The van der Waals surface area contributed by atoms with Crippen LogP contribution in [0.15, 0.2) is 69.4 Å². The monoisotopic (exact) mass is 426 g/mol. The van der Waals surface area contributed by atoms with Gasteiger partial charge in [0.1, 0.15) is 35.5 Å². The van der Waals surface area contributed by atoms with Gasteiger partial charge in [-0.05, 0) is 42.5 Å². The number of halogens is 2. The average Bonchev–Trinajstić information content (AvgIpc) is 3.04. The molecule has 0 fully saturated rings. The Morgan fingerprint density at radius 1 is 1.10 bits per heavy atom. The third-order valence-electron chi connectivity index (χ3n) is 4.73. The van der Waals surface area contributed by atoms with Crippen LogP contribution >= 0.6 is 23.2 Å². The lowest BCUT2D eigenvalue weighted by Gasteiger charge is -2.18. The quantitative estimate of drug-likeness (QED) is 0.623. The number of hydrogen-bond acceptors (Lipinski definition) is 6. The summed E-state index contributed by atoms with van der Waals surface area (Å²) >= 11 is 11.9. The third-order valence-corrected chi connectivity index (χ3v) is 5.22. The Morgan fingerprint density at radius 2 is 1.79 bits per heavy atom. The largest absolute Gasteiger partial charge is 0.469 e. The Bertz CT molecular complexity index is 1270. The van der Waals surface area contributed by atoms with E-state index in [1.807, 2.05) is 6.07 Å². The van der Waals surface area contributed by atoms with Crippen LogP contribution in [0.5, 0.6) is 0 Å². The summed E-state index contributed by atoms with van der Waals surface area (Å²) in [6.07, 6.45) is 0.117. The maximum absolute atomic E-state index is 13.2. The second kappa shape index (κ2) is 7.28. The SMILES string of the molecule is N#CC1=C(N)O[C@H](c2coc3ccc(Cl)cc3c2=O)[C@@H]1C(=O)c1ccc(Cl)cc1. The van der Waals surface area contributed by atoms with E-state index in [0.29, 0.717) is 21.2 Å². The lowest BCUT2D eigenvalue weighted by molar-refractivity contribution is 0.0742. The second-order valence-electron chi connectivity index (χ2n) is 6.44. The number of ether oxygens (including phenoxy) is 1. The first-order chi connectivity index (χ1) is 13.9. The fourth-order valence-corrected chi connectivity index (χ4v) is 3.62. The first kappa shape index (κ1) is 19.1. The van der Waals surface area contributed by atoms with Crippen molar-refractivity contribution < 1.29 is 13.9 Å². The molecule has 1 aliphatic rings. The minimum Gasteiger partial charge on any atom is -0.469 e. The van der Waals surface area contributed by atoms with Gasteiger partial charge in [-0.1, -0.05) is 23.2 Å². The molecule has 2 atom stereocenters. The van der Waals surface area contributed by atoms with Crippen molar-refractivity contribution in [1.29, 1.82) is 5.26 Å². The highest BCUT2D eigenvalue weighted by Gasteiger charge is 2.44. The summed E-state index contributed by atoms with van der Waals surface area (Å²) in [5.74, 6) is -1.72. The van der Waals surface area contributed by atoms with Crippen LogP contribution in [0.2, 0.25) is 10.0 Å². The van der Waals surface area contributed by atoms with Crippen molar-refractivity contribution in [2.75, 3.05) is 0 Å². The van der Waals surface area contributed by atoms with Crippen LogP contribution in [-0.2, 0) is 4.74 Å². The number of ketones is 1. The van der Waals surface area contributed by atoms with Crippen LogP contribution in [0, 0.1) is 17.2 Å². The fraction of sp³-hybridized carbons (Fsp3) is 0.0952. The molecule has 29 heavy (non-hydrogen) atoms. The van der Waals surface area contributed by atoms with E-state index in [1.54, 1.807) is 24.3 Å². The van der Waals surface area contributed by atoms with Crippen molar-refractivity contribution >= 4 is 40.0 Å². The maximum Gasteiger partial charge on any atom is 0.199 e.